The fraction of sp³-hybridized carbons (Fsp3) is 0.0714. The summed E-state index contributed by atoms with van der Waals surface area (Å²) >= 11 is 4.65. The summed E-state index contributed by atoms with van der Waals surface area (Å²) < 4.78 is 0. The van der Waals surface area contributed by atoms with E-state index in [4.69, 9.17) is 0 Å². The molecule has 16 heavy (non-hydrogen) atoms. The van der Waals surface area contributed by atoms with Gasteiger partial charge in [0, 0.05) is 5.56 Å². The topological polar surface area (TPSA) is 12.4 Å². The summed E-state index contributed by atoms with van der Waals surface area (Å²) in [6.07, 6.45) is 0. The molecule has 0 heterocycles. The zero-order valence-corrected chi connectivity index (χ0v) is 9.79. The summed E-state index contributed by atoms with van der Waals surface area (Å²) in [6.45, 7) is 2.07. The Bertz CT molecular complexity index is 537. The van der Waals surface area contributed by atoms with Crippen molar-refractivity contribution < 1.29 is 0 Å². The van der Waals surface area contributed by atoms with E-state index < -0.39 is 0 Å². The quantitative estimate of drug-likeness (QED) is 0.545. The molecule has 1 nitrogen and oxygen atoms in total. The molecule has 0 saturated carbocycles. The van der Waals surface area contributed by atoms with Gasteiger partial charge in [0.1, 0.15) is 0 Å². The Hall–Kier alpha value is -1.76. The van der Waals surface area contributed by atoms with Crippen molar-refractivity contribution in [3.8, 4) is 11.1 Å². The van der Waals surface area contributed by atoms with Crippen LogP contribution in [0, 0.1) is 6.92 Å². The summed E-state index contributed by atoms with van der Waals surface area (Å²) in [5.74, 6) is 0. The Morgan fingerprint density at radius 3 is 2.38 bits per heavy atom. The first kappa shape index (κ1) is 10.7. The van der Waals surface area contributed by atoms with Crippen molar-refractivity contribution in [1.82, 2.24) is 0 Å². The molecule has 0 saturated heterocycles. The van der Waals surface area contributed by atoms with Gasteiger partial charge in [-0.15, -0.1) is 0 Å². The van der Waals surface area contributed by atoms with Gasteiger partial charge in [-0.05, 0) is 30.8 Å². The Morgan fingerprint density at radius 2 is 1.69 bits per heavy atom. The largest absolute Gasteiger partial charge is 0.194 e. The molecule has 0 aliphatic carbocycles. The normalized spacial score (nSPS) is 9.56. The van der Waals surface area contributed by atoms with Crippen molar-refractivity contribution in [2.75, 3.05) is 0 Å². The Balaban J connectivity index is 2.55. The average molecular weight is 225 g/mol. The molecule has 78 valence electrons. The number of nitrogens with zero attached hydrogens (tertiary/aromatic N) is 1. The van der Waals surface area contributed by atoms with E-state index in [-0.39, 0.29) is 0 Å². The van der Waals surface area contributed by atoms with Crippen molar-refractivity contribution in [3.05, 3.63) is 54.1 Å². The molecule has 0 unspecified atom stereocenters. The van der Waals surface area contributed by atoms with Crippen LogP contribution in [0.2, 0.25) is 0 Å². The van der Waals surface area contributed by atoms with Crippen LogP contribution in [0.25, 0.3) is 11.1 Å². The lowest BCUT2D eigenvalue weighted by atomic mass is 10.0. The lowest BCUT2D eigenvalue weighted by Gasteiger charge is -2.04. The molecule has 0 amide bonds. The molecule has 0 N–H and O–H groups in total. The highest BCUT2D eigenvalue weighted by Crippen LogP contribution is 2.29. The van der Waals surface area contributed by atoms with Crippen LogP contribution in [0.1, 0.15) is 5.56 Å². The lowest BCUT2D eigenvalue weighted by molar-refractivity contribution is 1.46. The first-order valence-electron chi connectivity index (χ1n) is 5.05. The van der Waals surface area contributed by atoms with E-state index in [0.717, 1.165) is 16.8 Å². The molecule has 2 aromatic carbocycles. The molecule has 2 rings (SSSR count). The lowest BCUT2D eigenvalue weighted by Crippen LogP contribution is -1.79. The predicted octanol–water partition coefficient (Wildman–Crippen LogP) is 4.40. The van der Waals surface area contributed by atoms with Gasteiger partial charge in [0.25, 0.3) is 0 Å². The van der Waals surface area contributed by atoms with Crippen molar-refractivity contribution in [3.63, 3.8) is 0 Å². The number of rotatable bonds is 2. The number of thiocarbonyl (C=S) groups is 1. The molecule has 0 aliphatic rings. The van der Waals surface area contributed by atoms with Gasteiger partial charge in [-0.25, -0.2) is 0 Å². The zero-order valence-electron chi connectivity index (χ0n) is 8.97. The van der Waals surface area contributed by atoms with Crippen molar-refractivity contribution in [2.24, 2.45) is 4.99 Å². The highest BCUT2D eigenvalue weighted by Gasteiger charge is 2.02. The maximum atomic E-state index is 4.65. The Morgan fingerprint density at radius 1 is 1.00 bits per heavy atom. The number of benzene rings is 2. The number of isothiocyanates is 1. The number of aryl methyl sites for hydroxylation is 1. The van der Waals surface area contributed by atoms with E-state index in [1.54, 1.807) is 0 Å². The van der Waals surface area contributed by atoms with Crippen molar-refractivity contribution in [2.45, 2.75) is 6.92 Å². The number of para-hydroxylation sites is 1. The van der Waals surface area contributed by atoms with Gasteiger partial charge in [0.05, 0.1) is 10.8 Å². The summed E-state index contributed by atoms with van der Waals surface area (Å²) in [4.78, 5) is 4.07. The van der Waals surface area contributed by atoms with Crippen LogP contribution < -0.4 is 0 Å². The minimum absolute atomic E-state index is 0.862. The second-order valence-electron chi connectivity index (χ2n) is 3.59. The molecule has 0 bridgehead atoms. The Kier molecular flexibility index (Phi) is 3.25. The molecule has 0 radical (unpaired) electrons. The highest BCUT2D eigenvalue weighted by molar-refractivity contribution is 7.78. The van der Waals surface area contributed by atoms with Crippen LogP contribution in [0.15, 0.2) is 53.5 Å². The molecule has 0 aliphatic heterocycles. The van der Waals surface area contributed by atoms with E-state index in [1.807, 2.05) is 24.3 Å². The van der Waals surface area contributed by atoms with E-state index in [2.05, 4.69) is 53.6 Å². The summed E-state index contributed by atoms with van der Waals surface area (Å²) in [5.41, 5.74) is 4.34. The van der Waals surface area contributed by atoms with Crippen LogP contribution in [0.3, 0.4) is 0 Å². The minimum atomic E-state index is 0.862. The van der Waals surface area contributed by atoms with Gasteiger partial charge in [0.15, 0.2) is 0 Å². The van der Waals surface area contributed by atoms with Gasteiger partial charge in [-0.3, -0.25) is 0 Å². The smallest absolute Gasteiger partial charge is 0.0817 e. The third-order valence-electron chi connectivity index (χ3n) is 2.43. The number of hydrogen-bond acceptors (Lipinski definition) is 2. The van der Waals surface area contributed by atoms with Crippen LogP contribution in [0.4, 0.5) is 5.69 Å². The molecule has 0 spiro atoms. The van der Waals surface area contributed by atoms with Crippen molar-refractivity contribution in [1.29, 1.82) is 0 Å². The van der Waals surface area contributed by atoms with Gasteiger partial charge in [0.2, 0.25) is 0 Å². The van der Waals surface area contributed by atoms with Crippen LogP contribution in [-0.4, -0.2) is 5.16 Å². The third-order valence-corrected chi connectivity index (χ3v) is 2.52. The average Bonchev–Trinajstić information content (AvgIpc) is 2.32. The maximum Gasteiger partial charge on any atom is 0.0817 e. The highest BCUT2D eigenvalue weighted by atomic mass is 32.1. The van der Waals surface area contributed by atoms with Crippen LogP contribution in [0.5, 0.6) is 0 Å². The van der Waals surface area contributed by atoms with Crippen molar-refractivity contribution >= 4 is 23.1 Å². The van der Waals surface area contributed by atoms with Crippen LogP contribution >= 0.6 is 12.2 Å². The van der Waals surface area contributed by atoms with E-state index in [1.165, 1.54) is 5.56 Å². The Labute approximate surface area is 100 Å². The molecular weight excluding hydrogens is 214 g/mol. The van der Waals surface area contributed by atoms with E-state index >= 15 is 0 Å². The summed E-state index contributed by atoms with van der Waals surface area (Å²) in [5, 5.41) is 2.41. The first-order valence-corrected chi connectivity index (χ1v) is 5.46. The van der Waals surface area contributed by atoms with Gasteiger partial charge in [-0.1, -0.05) is 48.0 Å². The molecule has 0 aromatic heterocycles. The fourth-order valence-electron chi connectivity index (χ4n) is 1.60. The zero-order chi connectivity index (χ0) is 11.4. The minimum Gasteiger partial charge on any atom is -0.194 e. The molecule has 0 atom stereocenters. The molecule has 0 fully saturated rings. The number of hydrogen-bond donors (Lipinski definition) is 0. The molecular formula is C14H11NS. The third kappa shape index (κ3) is 2.25. The summed E-state index contributed by atoms with van der Waals surface area (Å²) in [6, 6.07) is 16.3. The van der Waals surface area contributed by atoms with Gasteiger partial charge in [-0.2, -0.15) is 4.99 Å². The number of aliphatic imine (C=N–C) groups is 1. The van der Waals surface area contributed by atoms with E-state index in [9.17, 15) is 0 Å². The maximum absolute atomic E-state index is 4.65. The van der Waals surface area contributed by atoms with Gasteiger partial charge < -0.3 is 0 Å². The molecule has 2 heteroatoms. The SMILES string of the molecule is Cc1ccc(-c2ccccc2N=C=S)cc1. The van der Waals surface area contributed by atoms with Gasteiger partial charge >= 0.3 is 0 Å². The van der Waals surface area contributed by atoms with E-state index in [0.29, 0.717) is 0 Å². The standard InChI is InChI=1S/C14H11NS/c1-11-6-8-12(9-7-11)13-4-2-3-5-14(13)15-10-16/h2-9H,1H3. The first-order chi connectivity index (χ1) is 7.81. The monoisotopic (exact) mass is 225 g/mol. The molecule has 2 aromatic rings. The summed E-state index contributed by atoms with van der Waals surface area (Å²) in [7, 11) is 0. The predicted molar refractivity (Wildman–Crippen MR) is 71.3 cm³/mol. The second-order valence-corrected chi connectivity index (χ2v) is 3.77. The fourth-order valence-corrected chi connectivity index (χ4v) is 1.70. The second kappa shape index (κ2) is 4.84. The van der Waals surface area contributed by atoms with Crippen LogP contribution in [-0.2, 0) is 0 Å².